The molecular formula is C23H24N4O2S. The van der Waals surface area contributed by atoms with Crippen LogP contribution in [0.25, 0.3) is 11.1 Å². The summed E-state index contributed by atoms with van der Waals surface area (Å²) in [6.45, 7) is 0.610. The number of hydrogen-bond acceptors (Lipinski definition) is 5. The molecule has 0 aliphatic heterocycles. The SMILES string of the molecule is O=C(NCc1cn(C2CC(CS)C2)nn1)OCC1c2ccccc2-c2ccccc21. The zero-order chi connectivity index (χ0) is 20.5. The van der Waals surface area contributed by atoms with E-state index >= 15 is 0 Å². The van der Waals surface area contributed by atoms with E-state index in [1.165, 1.54) is 22.3 Å². The monoisotopic (exact) mass is 420 g/mol. The number of aromatic nitrogens is 3. The lowest BCUT2D eigenvalue weighted by Crippen LogP contribution is -2.28. The maximum absolute atomic E-state index is 12.3. The molecule has 0 saturated heterocycles. The molecule has 5 rings (SSSR count). The normalized spacial score (nSPS) is 19.6. The lowest BCUT2D eigenvalue weighted by molar-refractivity contribution is 0.142. The molecule has 1 saturated carbocycles. The zero-order valence-corrected chi connectivity index (χ0v) is 17.5. The standard InChI is InChI=1S/C23H24N4O2S/c28-23(24-11-16-12-27(26-25-16)17-9-15(10-17)14-30)29-13-22-20-7-3-1-5-18(20)19-6-2-4-8-21(19)22/h1-8,12,15,17,22,30H,9-11,13-14H2,(H,24,28). The highest BCUT2D eigenvalue weighted by Crippen LogP contribution is 2.44. The van der Waals surface area contributed by atoms with Crippen LogP contribution in [0.4, 0.5) is 4.79 Å². The molecule has 2 aliphatic rings. The van der Waals surface area contributed by atoms with Crippen molar-refractivity contribution in [2.75, 3.05) is 12.4 Å². The molecule has 0 unspecified atom stereocenters. The van der Waals surface area contributed by atoms with E-state index in [1.807, 2.05) is 35.1 Å². The Morgan fingerprint density at radius 1 is 1.10 bits per heavy atom. The predicted molar refractivity (Wildman–Crippen MR) is 118 cm³/mol. The Labute approximate surface area is 181 Å². The van der Waals surface area contributed by atoms with Crippen molar-refractivity contribution in [3.63, 3.8) is 0 Å². The number of alkyl carbamates (subject to hydrolysis) is 1. The number of rotatable bonds is 6. The number of thiol groups is 1. The quantitative estimate of drug-likeness (QED) is 0.587. The molecule has 0 bridgehead atoms. The zero-order valence-electron chi connectivity index (χ0n) is 16.6. The molecule has 0 radical (unpaired) electrons. The Hall–Kier alpha value is -2.80. The molecule has 30 heavy (non-hydrogen) atoms. The summed E-state index contributed by atoms with van der Waals surface area (Å²) >= 11 is 4.34. The van der Waals surface area contributed by atoms with E-state index in [4.69, 9.17) is 4.74 Å². The highest BCUT2D eigenvalue weighted by atomic mass is 32.1. The minimum atomic E-state index is -0.440. The number of ether oxygens (including phenoxy) is 1. The van der Waals surface area contributed by atoms with Crippen molar-refractivity contribution in [1.29, 1.82) is 0 Å². The topological polar surface area (TPSA) is 69.0 Å². The van der Waals surface area contributed by atoms with Crippen LogP contribution in [0.5, 0.6) is 0 Å². The fourth-order valence-corrected chi connectivity index (χ4v) is 4.75. The van der Waals surface area contributed by atoms with E-state index < -0.39 is 6.09 Å². The highest BCUT2D eigenvalue weighted by Gasteiger charge is 2.31. The van der Waals surface area contributed by atoms with Gasteiger partial charge < -0.3 is 10.1 Å². The molecule has 1 N–H and O–H groups in total. The highest BCUT2D eigenvalue weighted by molar-refractivity contribution is 7.80. The molecule has 2 aromatic carbocycles. The number of benzene rings is 2. The lowest BCUT2D eigenvalue weighted by Gasteiger charge is -2.33. The number of nitrogens with zero attached hydrogens (tertiary/aromatic N) is 3. The van der Waals surface area contributed by atoms with Gasteiger partial charge in [-0.3, -0.25) is 0 Å². The van der Waals surface area contributed by atoms with Crippen molar-refractivity contribution >= 4 is 18.7 Å². The number of carbonyl (C=O) groups excluding carboxylic acids is 1. The van der Waals surface area contributed by atoms with Crippen LogP contribution < -0.4 is 5.32 Å². The van der Waals surface area contributed by atoms with Gasteiger partial charge in [0.05, 0.1) is 18.8 Å². The van der Waals surface area contributed by atoms with Crippen molar-refractivity contribution in [3.05, 3.63) is 71.5 Å². The Bertz CT molecular complexity index is 1020. The van der Waals surface area contributed by atoms with Gasteiger partial charge in [-0.15, -0.1) is 5.10 Å². The molecule has 7 heteroatoms. The third kappa shape index (κ3) is 3.58. The van der Waals surface area contributed by atoms with Crippen LogP contribution in [0.3, 0.4) is 0 Å². The Morgan fingerprint density at radius 2 is 1.77 bits per heavy atom. The summed E-state index contributed by atoms with van der Waals surface area (Å²) in [6, 6.07) is 17.0. The Kier molecular flexibility index (Phi) is 5.21. The summed E-state index contributed by atoms with van der Waals surface area (Å²) in [5.41, 5.74) is 5.58. The maximum atomic E-state index is 12.3. The second kappa shape index (κ2) is 8.14. The summed E-state index contributed by atoms with van der Waals surface area (Å²) in [5, 5.41) is 11.1. The first kappa shape index (κ1) is 19.2. The maximum Gasteiger partial charge on any atom is 0.407 e. The molecule has 3 aromatic rings. The first-order chi connectivity index (χ1) is 14.7. The number of fused-ring (bicyclic) bond motifs is 3. The van der Waals surface area contributed by atoms with Gasteiger partial charge in [0.25, 0.3) is 0 Å². The summed E-state index contributed by atoms with van der Waals surface area (Å²) in [5.74, 6) is 1.65. The molecule has 0 spiro atoms. The summed E-state index contributed by atoms with van der Waals surface area (Å²) < 4.78 is 7.46. The van der Waals surface area contributed by atoms with E-state index in [0.29, 0.717) is 25.1 Å². The van der Waals surface area contributed by atoms with Gasteiger partial charge in [0.15, 0.2) is 0 Å². The minimum Gasteiger partial charge on any atom is -0.449 e. The molecule has 1 fully saturated rings. The van der Waals surface area contributed by atoms with Gasteiger partial charge in [-0.2, -0.15) is 12.6 Å². The molecule has 1 amide bonds. The second-order valence-electron chi connectivity index (χ2n) is 8.04. The van der Waals surface area contributed by atoms with Gasteiger partial charge in [-0.05, 0) is 46.8 Å². The van der Waals surface area contributed by atoms with Crippen LogP contribution in [-0.4, -0.2) is 33.4 Å². The predicted octanol–water partition coefficient (Wildman–Crippen LogP) is 4.20. The largest absolute Gasteiger partial charge is 0.449 e. The Morgan fingerprint density at radius 3 is 2.43 bits per heavy atom. The van der Waals surface area contributed by atoms with Crippen LogP contribution in [0.2, 0.25) is 0 Å². The minimum absolute atomic E-state index is 0.0578. The smallest absolute Gasteiger partial charge is 0.407 e. The molecule has 2 aliphatic carbocycles. The molecule has 1 aromatic heterocycles. The average Bonchev–Trinajstić information content (AvgIpc) is 3.33. The van der Waals surface area contributed by atoms with Crippen molar-refractivity contribution in [1.82, 2.24) is 20.3 Å². The van der Waals surface area contributed by atoms with Crippen LogP contribution in [0.1, 0.15) is 41.6 Å². The van der Waals surface area contributed by atoms with Gasteiger partial charge in [0, 0.05) is 5.92 Å². The van der Waals surface area contributed by atoms with E-state index in [9.17, 15) is 4.79 Å². The van der Waals surface area contributed by atoms with Crippen LogP contribution in [-0.2, 0) is 11.3 Å². The third-order valence-electron chi connectivity index (χ3n) is 6.16. The summed E-state index contributed by atoms with van der Waals surface area (Å²) in [6.07, 6.45) is 3.65. The first-order valence-electron chi connectivity index (χ1n) is 10.3. The van der Waals surface area contributed by atoms with Crippen molar-refractivity contribution in [2.45, 2.75) is 31.3 Å². The van der Waals surface area contributed by atoms with Gasteiger partial charge in [0.2, 0.25) is 0 Å². The molecule has 6 nitrogen and oxygen atoms in total. The van der Waals surface area contributed by atoms with Crippen molar-refractivity contribution in [3.8, 4) is 11.1 Å². The second-order valence-corrected chi connectivity index (χ2v) is 8.41. The van der Waals surface area contributed by atoms with Gasteiger partial charge in [-0.25, -0.2) is 9.48 Å². The van der Waals surface area contributed by atoms with Gasteiger partial charge in [0.1, 0.15) is 12.3 Å². The average molecular weight is 421 g/mol. The van der Waals surface area contributed by atoms with Crippen molar-refractivity contribution in [2.24, 2.45) is 5.92 Å². The van der Waals surface area contributed by atoms with Crippen LogP contribution >= 0.6 is 12.6 Å². The number of hydrogen-bond donors (Lipinski definition) is 2. The fraction of sp³-hybridized carbons (Fsp3) is 0.348. The lowest BCUT2D eigenvalue weighted by atomic mass is 9.82. The molecular weight excluding hydrogens is 396 g/mol. The molecule has 0 atom stereocenters. The van der Waals surface area contributed by atoms with Gasteiger partial charge >= 0.3 is 6.09 Å². The van der Waals surface area contributed by atoms with E-state index in [2.05, 4.69) is 52.5 Å². The molecule has 154 valence electrons. The number of carbonyl (C=O) groups is 1. The summed E-state index contributed by atoms with van der Waals surface area (Å²) in [4.78, 5) is 12.3. The van der Waals surface area contributed by atoms with E-state index in [0.717, 1.165) is 24.3 Å². The number of nitrogens with one attached hydrogen (secondary N) is 1. The van der Waals surface area contributed by atoms with Gasteiger partial charge in [-0.1, -0.05) is 53.7 Å². The summed E-state index contributed by atoms with van der Waals surface area (Å²) in [7, 11) is 0. The molecule has 1 heterocycles. The van der Waals surface area contributed by atoms with E-state index in [-0.39, 0.29) is 5.92 Å². The third-order valence-corrected chi connectivity index (χ3v) is 6.67. The number of amides is 1. The van der Waals surface area contributed by atoms with Crippen LogP contribution in [0, 0.1) is 5.92 Å². The van der Waals surface area contributed by atoms with E-state index in [1.54, 1.807) is 0 Å². The van der Waals surface area contributed by atoms with Crippen LogP contribution in [0.15, 0.2) is 54.7 Å². The van der Waals surface area contributed by atoms with Crippen molar-refractivity contribution < 1.29 is 9.53 Å². The fourth-order valence-electron chi connectivity index (χ4n) is 4.45. The Balaban J connectivity index is 1.16. The first-order valence-corrected chi connectivity index (χ1v) is 11.0.